The summed E-state index contributed by atoms with van der Waals surface area (Å²) in [7, 11) is 0. The predicted molar refractivity (Wildman–Crippen MR) is 89.3 cm³/mol. The molecule has 1 heterocycles. The number of aliphatic hydroxyl groups excluding tert-OH is 6. The Morgan fingerprint density at radius 2 is 1.89 bits per heavy atom. The van der Waals surface area contributed by atoms with Crippen molar-refractivity contribution in [2.75, 3.05) is 13.2 Å². The molecule has 1 aliphatic rings. The van der Waals surface area contributed by atoms with Gasteiger partial charge in [-0.25, -0.2) is 4.79 Å². The number of rotatable bonds is 10. The molecule has 1 unspecified atom stereocenters. The Morgan fingerprint density at radius 1 is 1.29 bits per heavy atom. The zero-order valence-corrected chi connectivity index (χ0v) is 15.1. The van der Waals surface area contributed by atoms with E-state index >= 15 is 0 Å². The molecule has 1 rings (SSSR count). The van der Waals surface area contributed by atoms with E-state index in [4.69, 9.17) is 35.9 Å². The Morgan fingerprint density at radius 3 is 2.39 bits per heavy atom. The van der Waals surface area contributed by atoms with E-state index in [2.05, 4.69) is 0 Å². The summed E-state index contributed by atoms with van der Waals surface area (Å²) in [5, 5.41) is 57.3. The molecule has 164 valence electrons. The molecule has 1 fully saturated rings. The van der Waals surface area contributed by atoms with E-state index in [-0.39, 0.29) is 6.29 Å². The number of hydrogen-bond donors (Lipinski definition) is 8. The molecule has 0 aromatic rings. The normalized spacial score (nSPS) is 33.4. The van der Waals surface area contributed by atoms with E-state index in [1.165, 1.54) is 6.92 Å². The number of carbonyl (C=O) groups is 2. The molecule has 13 nitrogen and oxygen atoms in total. The molecule has 0 amide bonds. The minimum atomic E-state index is -1.86. The van der Waals surface area contributed by atoms with Crippen LogP contribution in [-0.4, -0.2) is 117 Å². The third-order valence-corrected chi connectivity index (χ3v) is 4.32. The van der Waals surface area contributed by atoms with Crippen LogP contribution in [0.2, 0.25) is 0 Å². The summed E-state index contributed by atoms with van der Waals surface area (Å²) in [6.45, 7) is -0.322. The summed E-state index contributed by atoms with van der Waals surface area (Å²) < 4.78 is 15.2. The first kappa shape index (κ1) is 24.8. The van der Waals surface area contributed by atoms with Crippen molar-refractivity contribution >= 4 is 12.3 Å². The van der Waals surface area contributed by atoms with Gasteiger partial charge in [0.05, 0.1) is 19.3 Å². The highest BCUT2D eigenvalue weighted by molar-refractivity contribution is 5.75. The van der Waals surface area contributed by atoms with Gasteiger partial charge in [0.15, 0.2) is 18.5 Å². The van der Waals surface area contributed by atoms with Gasteiger partial charge < -0.3 is 61.1 Å². The standard InChI is InChI=1S/C15H28N2O11/c1-5(26-13-9(17)15(25)27-8(4-20)11(13)23)14(24)28-12(6(16)2-18)10(22)7(21)3-19/h2,5-13,15,19-23,25H,3-4,16-17H2,1H3/t5?,6-,7+,8+,9+,10+,11+,12+,13+,15-/m0/s1. The maximum atomic E-state index is 12.3. The molecule has 0 saturated carbocycles. The van der Waals surface area contributed by atoms with Crippen molar-refractivity contribution in [1.29, 1.82) is 0 Å². The van der Waals surface area contributed by atoms with Crippen LogP contribution in [-0.2, 0) is 23.8 Å². The Hall–Kier alpha value is -1.26. The minimum absolute atomic E-state index is 0.178. The number of esters is 1. The first-order chi connectivity index (χ1) is 13.1. The second kappa shape index (κ2) is 11.1. The lowest BCUT2D eigenvalue weighted by molar-refractivity contribution is -0.263. The maximum Gasteiger partial charge on any atom is 0.335 e. The molecule has 0 aromatic heterocycles. The highest BCUT2D eigenvalue weighted by Crippen LogP contribution is 2.22. The van der Waals surface area contributed by atoms with Crippen LogP contribution in [0.5, 0.6) is 0 Å². The first-order valence-electron chi connectivity index (χ1n) is 8.50. The fourth-order valence-corrected chi connectivity index (χ4v) is 2.58. The molecule has 0 aromatic carbocycles. The van der Waals surface area contributed by atoms with Gasteiger partial charge in [0.1, 0.15) is 42.8 Å². The van der Waals surface area contributed by atoms with E-state index < -0.39 is 80.3 Å². The van der Waals surface area contributed by atoms with Crippen molar-refractivity contribution in [3.05, 3.63) is 0 Å². The van der Waals surface area contributed by atoms with Gasteiger partial charge >= 0.3 is 5.97 Å². The van der Waals surface area contributed by atoms with Crippen molar-refractivity contribution in [2.24, 2.45) is 11.5 Å². The second-order valence-electron chi connectivity index (χ2n) is 6.41. The molecule has 28 heavy (non-hydrogen) atoms. The van der Waals surface area contributed by atoms with Crippen LogP contribution >= 0.6 is 0 Å². The number of ether oxygens (including phenoxy) is 3. The zero-order chi connectivity index (χ0) is 21.6. The van der Waals surface area contributed by atoms with Crippen LogP contribution in [0.25, 0.3) is 0 Å². The molecule has 0 radical (unpaired) electrons. The van der Waals surface area contributed by atoms with E-state index in [9.17, 15) is 30.0 Å². The van der Waals surface area contributed by atoms with Gasteiger partial charge in [0.25, 0.3) is 0 Å². The van der Waals surface area contributed by atoms with Crippen molar-refractivity contribution in [3.63, 3.8) is 0 Å². The fraction of sp³-hybridized carbons (Fsp3) is 0.867. The van der Waals surface area contributed by atoms with E-state index in [0.717, 1.165) is 0 Å². The molecule has 0 bridgehead atoms. The number of aliphatic hydroxyl groups is 6. The Kier molecular flexibility index (Phi) is 9.79. The number of hydrogen-bond acceptors (Lipinski definition) is 13. The molecule has 0 spiro atoms. The van der Waals surface area contributed by atoms with Crippen molar-refractivity contribution in [3.8, 4) is 0 Å². The van der Waals surface area contributed by atoms with Gasteiger partial charge in [-0.15, -0.1) is 0 Å². The summed E-state index contributed by atoms with van der Waals surface area (Å²) in [5.74, 6) is -1.13. The molecule has 10 atom stereocenters. The summed E-state index contributed by atoms with van der Waals surface area (Å²) >= 11 is 0. The topological polar surface area (TPSA) is 235 Å². The summed E-state index contributed by atoms with van der Waals surface area (Å²) in [4.78, 5) is 23.2. The SMILES string of the molecule is CC(O[C@@H]1[C@@H](N)[C@@H](O)O[C@H](CO)[C@H]1O)C(=O)O[C@@H]([C@H](O)[C@H](O)CO)[C@@H](N)C=O. The van der Waals surface area contributed by atoms with Gasteiger partial charge in [-0.2, -0.15) is 0 Å². The van der Waals surface area contributed by atoms with Crippen LogP contribution in [0, 0.1) is 0 Å². The quantitative estimate of drug-likeness (QED) is 0.123. The fourth-order valence-electron chi connectivity index (χ4n) is 2.58. The smallest absolute Gasteiger partial charge is 0.335 e. The Labute approximate surface area is 160 Å². The van der Waals surface area contributed by atoms with Gasteiger partial charge in [-0.05, 0) is 6.92 Å². The first-order valence-corrected chi connectivity index (χ1v) is 8.50. The number of aldehydes is 1. The van der Waals surface area contributed by atoms with Gasteiger partial charge in [-0.1, -0.05) is 0 Å². The van der Waals surface area contributed by atoms with Crippen LogP contribution in [0.1, 0.15) is 6.92 Å². The largest absolute Gasteiger partial charge is 0.455 e. The second-order valence-corrected chi connectivity index (χ2v) is 6.41. The average Bonchev–Trinajstić information content (AvgIpc) is 2.69. The lowest BCUT2D eigenvalue weighted by Crippen LogP contribution is -2.63. The molecular formula is C15H28N2O11. The van der Waals surface area contributed by atoms with Crippen molar-refractivity contribution in [1.82, 2.24) is 0 Å². The summed E-state index contributed by atoms with van der Waals surface area (Å²) in [6, 6.07) is -2.77. The lowest BCUT2D eigenvalue weighted by Gasteiger charge is -2.41. The minimum Gasteiger partial charge on any atom is -0.455 e. The molecule has 10 N–H and O–H groups in total. The van der Waals surface area contributed by atoms with E-state index in [1.54, 1.807) is 0 Å². The number of carbonyl (C=O) groups excluding carboxylic acids is 2. The van der Waals surface area contributed by atoms with Gasteiger partial charge in [0, 0.05) is 0 Å². The predicted octanol–water partition coefficient (Wildman–Crippen LogP) is -5.69. The van der Waals surface area contributed by atoms with Crippen LogP contribution in [0.15, 0.2) is 0 Å². The molecular weight excluding hydrogens is 384 g/mol. The highest BCUT2D eigenvalue weighted by Gasteiger charge is 2.45. The maximum absolute atomic E-state index is 12.3. The lowest BCUT2D eigenvalue weighted by atomic mass is 9.97. The van der Waals surface area contributed by atoms with Crippen LogP contribution in [0.3, 0.4) is 0 Å². The van der Waals surface area contributed by atoms with Crippen LogP contribution < -0.4 is 11.5 Å². The highest BCUT2D eigenvalue weighted by atomic mass is 16.6. The van der Waals surface area contributed by atoms with Gasteiger partial charge in [0.2, 0.25) is 0 Å². The zero-order valence-electron chi connectivity index (χ0n) is 15.1. The molecule has 1 aliphatic heterocycles. The van der Waals surface area contributed by atoms with Crippen molar-refractivity contribution in [2.45, 2.75) is 68.0 Å². The van der Waals surface area contributed by atoms with Crippen LogP contribution in [0.4, 0.5) is 0 Å². The Bertz CT molecular complexity index is 510. The number of nitrogens with two attached hydrogens (primary N) is 2. The summed E-state index contributed by atoms with van der Waals surface area (Å²) in [6.07, 6.45) is -12.1. The average molecular weight is 412 g/mol. The van der Waals surface area contributed by atoms with Gasteiger partial charge in [-0.3, -0.25) is 0 Å². The third kappa shape index (κ3) is 5.87. The monoisotopic (exact) mass is 412 g/mol. The van der Waals surface area contributed by atoms with Crippen molar-refractivity contribution < 1.29 is 54.4 Å². The third-order valence-electron chi connectivity index (χ3n) is 4.32. The molecule has 13 heteroatoms. The summed E-state index contributed by atoms with van der Waals surface area (Å²) in [5.41, 5.74) is 11.2. The van der Waals surface area contributed by atoms with E-state index in [1.807, 2.05) is 0 Å². The van der Waals surface area contributed by atoms with E-state index in [0.29, 0.717) is 0 Å². The molecule has 1 saturated heterocycles. The Balaban J connectivity index is 2.84. The molecule has 0 aliphatic carbocycles.